The Morgan fingerprint density at radius 1 is 0.923 bits per heavy atom. The summed E-state index contributed by atoms with van der Waals surface area (Å²) in [6.45, 7) is 5.63. The normalized spacial score (nSPS) is 14.3. The molecule has 0 fully saturated rings. The molecule has 0 bridgehead atoms. The minimum atomic E-state index is -0.892. The van der Waals surface area contributed by atoms with Crippen molar-refractivity contribution in [2.75, 3.05) is 5.32 Å². The predicted molar refractivity (Wildman–Crippen MR) is 100 cm³/mol. The summed E-state index contributed by atoms with van der Waals surface area (Å²) in [5.74, 6) is -1.21. The number of para-hydroxylation sites is 1. The van der Waals surface area contributed by atoms with Crippen molar-refractivity contribution < 1.29 is 14.4 Å². The monoisotopic (exact) mass is 350 g/mol. The number of rotatable bonds is 5. The van der Waals surface area contributed by atoms with Crippen LogP contribution in [0.15, 0.2) is 42.5 Å². The first-order chi connectivity index (χ1) is 12.5. The average Bonchev–Trinajstić information content (AvgIpc) is 2.92. The average molecular weight is 350 g/mol. The Morgan fingerprint density at radius 2 is 1.42 bits per heavy atom. The Kier molecular flexibility index (Phi) is 4.89. The largest absolute Gasteiger partial charge is 0.324 e. The summed E-state index contributed by atoms with van der Waals surface area (Å²) in [4.78, 5) is 39.0. The number of carbonyl (C=O) groups is 3. The van der Waals surface area contributed by atoms with Crippen LogP contribution in [0, 0.1) is 0 Å². The number of nitrogens with zero attached hydrogens (tertiary/aromatic N) is 1. The molecule has 2 aromatic rings. The second kappa shape index (κ2) is 7.12. The first-order valence-electron chi connectivity index (χ1n) is 8.88. The summed E-state index contributed by atoms with van der Waals surface area (Å²) in [5.41, 5.74) is 3.55. The van der Waals surface area contributed by atoms with Crippen molar-refractivity contribution in [3.8, 4) is 0 Å². The van der Waals surface area contributed by atoms with Crippen LogP contribution < -0.4 is 5.32 Å². The number of fused-ring (bicyclic) bond motifs is 1. The molecular weight excluding hydrogens is 328 g/mol. The van der Waals surface area contributed by atoms with Crippen molar-refractivity contribution in [2.45, 2.75) is 39.7 Å². The molecule has 2 aromatic carbocycles. The van der Waals surface area contributed by atoms with Gasteiger partial charge in [-0.3, -0.25) is 19.3 Å². The van der Waals surface area contributed by atoms with Gasteiger partial charge in [-0.2, -0.15) is 0 Å². The van der Waals surface area contributed by atoms with E-state index in [-0.39, 0.29) is 5.91 Å². The van der Waals surface area contributed by atoms with Crippen LogP contribution in [-0.4, -0.2) is 28.7 Å². The van der Waals surface area contributed by atoms with E-state index in [9.17, 15) is 14.4 Å². The molecule has 0 saturated heterocycles. The lowest BCUT2D eigenvalue weighted by atomic mass is 10.0. The Morgan fingerprint density at radius 3 is 1.88 bits per heavy atom. The molecule has 5 heteroatoms. The molecule has 0 saturated carbocycles. The molecule has 0 aliphatic carbocycles. The molecule has 1 aliphatic heterocycles. The number of hydrogen-bond acceptors (Lipinski definition) is 3. The van der Waals surface area contributed by atoms with E-state index >= 15 is 0 Å². The van der Waals surface area contributed by atoms with Gasteiger partial charge in [0.2, 0.25) is 5.91 Å². The number of imide groups is 1. The molecule has 26 heavy (non-hydrogen) atoms. The third kappa shape index (κ3) is 2.90. The fraction of sp³-hybridized carbons (Fsp3) is 0.286. The van der Waals surface area contributed by atoms with Crippen LogP contribution >= 0.6 is 0 Å². The highest BCUT2D eigenvalue weighted by atomic mass is 16.2. The molecule has 1 atom stereocenters. The first kappa shape index (κ1) is 17.9. The number of amides is 3. The van der Waals surface area contributed by atoms with Gasteiger partial charge in [-0.05, 0) is 43.0 Å². The highest BCUT2D eigenvalue weighted by Gasteiger charge is 2.40. The van der Waals surface area contributed by atoms with Crippen molar-refractivity contribution in [3.63, 3.8) is 0 Å². The van der Waals surface area contributed by atoms with Crippen molar-refractivity contribution in [2.24, 2.45) is 0 Å². The Bertz CT molecular complexity index is 831. The van der Waals surface area contributed by atoms with Gasteiger partial charge in [-0.25, -0.2) is 0 Å². The van der Waals surface area contributed by atoms with Crippen molar-refractivity contribution in [3.05, 3.63) is 64.7 Å². The van der Waals surface area contributed by atoms with E-state index in [4.69, 9.17) is 0 Å². The van der Waals surface area contributed by atoms with E-state index in [0.717, 1.165) is 34.6 Å². The highest BCUT2D eigenvalue weighted by Crippen LogP contribution is 2.26. The maximum absolute atomic E-state index is 12.8. The van der Waals surface area contributed by atoms with Crippen LogP contribution in [-0.2, 0) is 17.6 Å². The van der Waals surface area contributed by atoms with Crippen molar-refractivity contribution in [1.82, 2.24) is 4.90 Å². The number of carbonyl (C=O) groups excluding carboxylic acids is 3. The lowest BCUT2D eigenvalue weighted by Crippen LogP contribution is -2.45. The van der Waals surface area contributed by atoms with Crippen LogP contribution in [0.2, 0.25) is 0 Å². The zero-order valence-electron chi connectivity index (χ0n) is 15.2. The third-order valence-corrected chi connectivity index (χ3v) is 4.84. The zero-order valence-corrected chi connectivity index (χ0v) is 15.2. The summed E-state index contributed by atoms with van der Waals surface area (Å²) < 4.78 is 0. The second-order valence-electron chi connectivity index (χ2n) is 6.35. The van der Waals surface area contributed by atoms with Crippen molar-refractivity contribution in [1.29, 1.82) is 0 Å². The first-order valence-corrected chi connectivity index (χ1v) is 8.88. The number of hydrogen-bond donors (Lipinski definition) is 1. The van der Waals surface area contributed by atoms with Crippen LogP contribution in [0.1, 0.15) is 52.6 Å². The van der Waals surface area contributed by atoms with Gasteiger partial charge in [-0.15, -0.1) is 0 Å². The van der Waals surface area contributed by atoms with Gasteiger partial charge in [-0.1, -0.05) is 44.2 Å². The molecule has 1 aliphatic rings. The Balaban J connectivity index is 1.86. The van der Waals surface area contributed by atoms with Crippen LogP contribution in [0.4, 0.5) is 5.69 Å². The van der Waals surface area contributed by atoms with Gasteiger partial charge < -0.3 is 5.32 Å². The number of nitrogens with one attached hydrogen (secondary N) is 1. The molecule has 0 unspecified atom stereocenters. The molecular formula is C21H22N2O3. The maximum Gasteiger partial charge on any atom is 0.262 e. The zero-order chi connectivity index (χ0) is 18.8. The van der Waals surface area contributed by atoms with E-state index in [1.807, 2.05) is 32.0 Å². The maximum atomic E-state index is 12.8. The standard InChI is InChI=1S/C21H22N2O3/c1-4-14-9-8-10-15(5-2)18(14)22-19(24)13(3)23-20(25)16-11-6-7-12-17(16)21(23)26/h6-13H,4-5H2,1-3H3,(H,22,24)/t13-/m1/s1. The predicted octanol–water partition coefficient (Wildman–Crippen LogP) is 3.43. The van der Waals surface area contributed by atoms with Crippen LogP contribution in [0.25, 0.3) is 0 Å². The summed E-state index contributed by atoms with van der Waals surface area (Å²) >= 11 is 0. The van der Waals surface area contributed by atoms with Gasteiger partial charge in [0.15, 0.2) is 0 Å². The quantitative estimate of drug-likeness (QED) is 0.840. The van der Waals surface area contributed by atoms with E-state index < -0.39 is 17.9 Å². The van der Waals surface area contributed by atoms with Gasteiger partial charge in [0, 0.05) is 5.69 Å². The smallest absolute Gasteiger partial charge is 0.262 e. The van der Waals surface area contributed by atoms with Crippen LogP contribution in [0.3, 0.4) is 0 Å². The molecule has 1 heterocycles. The van der Waals surface area contributed by atoms with E-state index in [2.05, 4.69) is 5.32 Å². The number of benzene rings is 2. The summed E-state index contributed by atoms with van der Waals surface area (Å²) in [7, 11) is 0. The topological polar surface area (TPSA) is 66.5 Å². The Labute approximate surface area is 153 Å². The fourth-order valence-corrected chi connectivity index (χ4v) is 3.31. The number of anilines is 1. The van der Waals surface area contributed by atoms with E-state index in [0.29, 0.717) is 11.1 Å². The van der Waals surface area contributed by atoms with Crippen molar-refractivity contribution >= 4 is 23.4 Å². The molecule has 1 N–H and O–H groups in total. The van der Waals surface area contributed by atoms with E-state index in [1.54, 1.807) is 31.2 Å². The molecule has 0 aromatic heterocycles. The molecule has 0 radical (unpaired) electrons. The van der Waals surface area contributed by atoms with Crippen LogP contribution in [0.5, 0.6) is 0 Å². The molecule has 3 amide bonds. The summed E-state index contributed by atoms with van der Waals surface area (Å²) in [6.07, 6.45) is 1.57. The Hall–Kier alpha value is -2.95. The second-order valence-corrected chi connectivity index (χ2v) is 6.35. The lowest BCUT2D eigenvalue weighted by molar-refractivity contribution is -0.119. The summed E-state index contributed by atoms with van der Waals surface area (Å²) in [5, 5.41) is 2.94. The molecule has 0 spiro atoms. The summed E-state index contributed by atoms with van der Waals surface area (Å²) in [6, 6.07) is 11.7. The van der Waals surface area contributed by atoms with E-state index in [1.165, 1.54) is 0 Å². The SMILES string of the molecule is CCc1cccc(CC)c1NC(=O)[C@@H](C)N1C(=O)c2ccccc2C1=O. The lowest BCUT2D eigenvalue weighted by Gasteiger charge is -2.23. The molecule has 3 rings (SSSR count). The van der Waals surface area contributed by atoms with Gasteiger partial charge in [0.05, 0.1) is 11.1 Å². The highest BCUT2D eigenvalue weighted by molar-refractivity contribution is 6.23. The van der Waals surface area contributed by atoms with Gasteiger partial charge in [0.1, 0.15) is 6.04 Å². The molecule has 134 valence electrons. The fourth-order valence-electron chi connectivity index (χ4n) is 3.31. The molecule has 5 nitrogen and oxygen atoms in total. The van der Waals surface area contributed by atoms with Gasteiger partial charge >= 0.3 is 0 Å². The minimum Gasteiger partial charge on any atom is -0.324 e. The third-order valence-electron chi connectivity index (χ3n) is 4.84. The number of aryl methyl sites for hydroxylation is 2. The van der Waals surface area contributed by atoms with Gasteiger partial charge in [0.25, 0.3) is 11.8 Å². The minimum absolute atomic E-state index is 0.348.